The van der Waals surface area contributed by atoms with E-state index in [4.69, 9.17) is 17.0 Å². The van der Waals surface area contributed by atoms with Crippen LogP contribution in [-0.4, -0.2) is 51.3 Å². The Hall–Kier alpha value is -2.23. The van der Waals surface area contributed by atoms with Crippen LogP contribution >= 0.6 is 24.0 Å². The Morgan fingerprint density at radius 3 is 2.93 bits per heavy atom. The average Bonchev–Trinajstić information content (AvgIpc) is 2.94. The number of fused-ring (bicyclic) bond motifs is 1. The first kappa shape index (κ1) is 19.5. The van der Waals surface area contributed by atoms with E-state index < -0.39 is 0 Å². The molecule has 0 spiro atoms. The van der Waals surface area contributed by atoms with E-state index in [-0.39, 0.29) is 11.5 Å². The van der Waals surface area contributed by atoms with Gasteiger partial charge in [-0.3, -0.25) is 18.9 Å². The predicted octanol–water partition coefficient (Wildman–Crippen LogP) is 2.36. The number of nitrogens with one attached hydrogen (secondary N) is 1. The van der Waals surface area contributed by atoms with E-state index in [0.29, 0.717) is 46.0 Å². The number of pyridine rings is 1. The van der Waals surface area contributed by atoms with Gasteiger partial charge in [0.05, 0.1) is 23.6 Å². The maximum absolute atomic E-state index is 13.0. The Balaban J connectivity index is 2.06. The lowest BCUT2D eigenvalue weighted by atomic mass is 10.2. The molecule has 142 valence electrons. The van der Waals surface area contributed by atoms with Crippen molar-refractivity contribution < 1.29 is 9.53 Å². The number of carbonyl (C=O) groups is 1. The normalized spacial score (nSPS) is 15.9. The fourth-order valence-electron chi connectivity index (χ4n) is 2.62. The molecule has 1 aliphatic heterocycles. The molecule has 0 atom stereocenters. The highest BCUT2D eigenvalue weighted by atomic mass is 32.2. The van der Waals surface area contributed by atoms with Crippen molar-refractivity contribution in [1.82, 2.24) is 14.3 Å². The Morgan fingerprint density at radius 1 is 1.37 bits per heavy atom. The molecule has 3 rings (SSSR count). The second-order valence-corrected chi connectivity index (χ2v) is 7.54. The van der Waals surface area contributed by atoms with Crippen LogP contribution in [0.3, 0.4) is 0 Å². The van der Waals surface area contributed by atoms with Gasteiger partial charge in [-0.05, 0) is 24.6 Å². The third-order valence-electron chi connectivity index (χ3n) is 3.98. The highest BCUT2D eigenvalue weighted by Crippen LogP contribution is 2.32. The fraction of sp³-hybridized carbons (Fsp3) is 0.333. The summed E-state index contributed by atoms with van der Waals surface area (Å²) < 4.78 is 6.95. The summed E-state index contributed by atoms with van der Waals surface area (Å²) in [5, 5.41) is 3.19. The minimum atomic E-state index is -0.235. The number of carbonyl (C=O) groups excluding carboxylic acids is 1. The van der Waals surface area contributed by atoms with E-state index in [1.54, 1.807) is 31.5 Å². The smallest absolute Gasteiger partial charge is 0.267 e. The van der Waals surface area contributed by atoms with Crippen LogP contribution in [0.15, 0.2) is 34.1 Å². The third kappa shape index (κ3) is 4.05. The molecule has 1 fully saturated rings. The van der Waals surface area contributed by atoms with Crippen molar-refractivity contribution in [2.75, 3.05) is 32.1 Å². The summed E-state index contributed by atoms with van der Waals surface area (Å²) >= 11 is 6.48. The van der Waals surface area contributed by atoms with E-state index in [2.05, 4.69) is 10.3 Å². The summed E-state index contributed by atoms with van der Waals surface area (Å²) in [4.78, 5) is 32.1. The number of thiocarbonyl (C=S) groups is 1. The molecule has 9 heteroatoms. The SMILES string of the molecule is CCCNc1nc2ccccn2c(=O)c1/C=C1\SC(=S)N(CCOC)C1=O. The quantitative estimate of drug-likeness (QED) is 0.561. The van der Waals surface area contributed by atoms with Gasteiger partial charge in [0.2, 0.25) is 0 Å². The highest BCUT2D eigenvalue weighted by Gasteiger charge is 2.32. The Labute approximate surface area is 166 Å². The molecule has 1 saturated heterocycles. The van der Waals surface area contributed by atoms with Crippen molar-refractivity contribution in [2.24, 2.45) is 0 Å². The van der Waals surface area contributed by atoms with Gasteiger partial charge < -0.3 is 10.1 Å². The Morgan fingerprint density at radius 2 is 2.19 bits per heavy atom. The molecule has 27 heavy (non-hydrogen) atoms. The summed E-state index contributed by atoms with van der Waals surface area (Å²) in [6.07, 6.45) is 4.13. The second-order valence-electron chi connectivity index (χ2n) is 5.86. The molecule has 3 heterocycles. The molecule has 0 bridgehead atoms. The van der Waals surface area contributed by atoms with Crippen molar-refractivity contribution >= 4 is 51.7 Å². The van der Waals surface area contributed by atoms with Crippen molar-refractivity contribution in [3.8, 4) is 0 Å². The standard InChI is InChI=1S/C18H20N4O3S2/c1-3-7-19-15-12(16(23)21-8-5-4-6-14(21)20-15)11-13-17(24)22(9-10-25-2)18(26)27-13/h4-6,8,11,19H,3,7,9-10H2,1-2H3/b13-11-. The van der Waals surface area contributed by atoms with E-state index >= 15 is 0 Å². The molecule has 0 saturated carbocycles. The lowest BCUT2D eigenvalue weighted by Gasteiger charge is -2.13. The molecular formula is C18H20N4O3S2. The number of amides is 1. The van der Waals surface area contributed by atoms with Crippen LogP contribution in [0.2, 0.25) is 0 Å². The number of hydrogen-bond donors (Lipinski definition) is 1. The van der Waals surface area contributed by atoms with Gasteiger partial charge in [0.15, 0.2) is 0 Å². The van der Waals surface area contributed by atoms with Gasteiger partial charge in [-0.2, -0.15) is 0 Å². The van der Waals surface area contributed by atoms with Crippen molar-refractivity contribution in [2.45, 2.75) is 13.3 Å². The van der Waals surface area contributed by atoms with Crippen molar-refractivity contribution in [1.29, 1.82) is 0 Å². The zero-order valence-corrected chi connectivity index (χ0v) is 16.7. The lowest BCUT2D eigenvalue weighted by Crippen LogP contribution is -2.31. The molecule has 1 amide bonds. The molecule has 0 unspecified atom stereocenters. The van der Waals surface area contributed by atoms with E-state index in [9.17, 15) is 9.59 Å². The van der Waals surface area contributed by atoms with E-state index in [1.807, 2.05) is 13.0 Å². The number of anilines is 1. The number of methoxy groups -OCH3 is 1. The molecule has 0 aromatic carbocycles. The van der Waals surface area contributed by atoms with Crippen LogP contribution in [0.1, 0.15) is 18.9 Å². The summed E-state index contributed by atoms with van der Waals surface area (Å²) in [7, 11) is 1.57. The molecule has 1 N–H and O–H groups in total. The van der Waals surface area contributed by atoms with Gasteiger partial charge in [-0.15, -0.1) is 0 Å². The van der Waals surface area contributed by atoms with Gasteiger partial charge in [0.1, 0.15) is 15.8 Å². The zero-order valence-electron chi connectivity index (χ0n) is 15.1. The lowest BCUT2D eigenvalue weighted by molar-refractivity contribution is -0.122. The second kappa shape index (κ2) is 8.64. The predicted molar refractivity (Wildman–Crippen MR) is 112 cm³/mol. The first-order valence-electron chi connectivity index (χ1n) is 8.56. The van der Waals surface area contributed by atoms with Crippen molar-refractivity contribution in [3.05, 3.63) is 45.2 Å². The number of thioether (sulfide) groups is 1. The Kier molecular flexibility index (Phi) is 6.25. The first-order valence-corrected chi connectivity index (χ1v) is 9.79. The topological polar surface area (TPSA) is 75.9 Å². The zero-order chi connectivity index (χ0) is 19.4. The average molecular weight is 405 g/mol. The first-order chi connectivity index (χ1) is 13.1. The molecule has 7 nitrogen and oxygen atoms in total. The number of rotatable bonds is 7. The van der Waals surface area contributed by atoms with Crippen LogP contribution in [0, 0.1) is 0 Å². The highest BCUT2D eigenvalue weighted by molar-refractivity contribution is 8.26. The van der Waals surface area contributed by atoms with Crippen molar-refractivity contribution in [3.63, 3.8) is 0 Å². The number of nitrogens with zero attached hydrogens (tertiary/aromatic N) is 3. The molecule has 0 radical (unpaired) electrons. The monoisotopic (exact) mass is 404 g/mol. The minimum Gasteiger partial charge on any atom is -0.383 e. The summed E-state index contributed by atoms with van der Waals surface area (Å²) in [5.74, 6) is 0.247. The summed E-state index contributed by atoms with van der Waals surface area (Å²) in [6, 6.07) is 5.36. The minimum absolute atomic E-state index is 0.221. The molecular weight excluding hydrogens is 384 g/mol. The fourth-order valence-corrected chi connectivity index (χ4v) is 3.91. The maximum Gasteiger partial charge on any atom is 0.267 e. The number of ether oxygens (including phenoxy) is 1. The largest absolute Gasteiger partial charge is 0.383 e. The van der Waals surface area contributed by atoms with Gasteiger partial charge in [0, 0.05) is 19.9 Å². The third-order valence-corrected chi connectivity index (χ3v) is 5.36. The van der Waals surface area contributed by atoms with Crippen LogP contribution in [0.25, 0.3) is 11.7 Å². The van der Waals surface area contributed by atoms with E-state index in [0.717, 1.165) is 6.42 Å². The van der Waals surface area contributed by atoms with Crippen LogP contribution < -0.4 is 10.9 Å². The van der Waals surface area contributed by atoms with Gasteiger partial charge in [-0.25, -0.2) is 4.98 Å². The van der Waals surface area contributed by atoms with Gasteiger partial charge >= 0.3 is 0 Å². The van der Waals surface area contributed by atoms with Crippen LogP contribution in [0.5, 0.6) is 0 Å². The molecule has 2 aromatic heterocycles. The number of aromatic nitrogens is 2. The summed E-state index contributed by atoms with van der Waals surface area (Å²) in [5.41, 5.74) is 0.659. The molecule has 1 aliphatic rings. The van der Waals surface area contributed by atoms with E-state index in [1.165, 1.54) is 21.1 Å². The summed E-state index contributed by atoms with van der Waals surface area (Å²) in [6.45, 7) is 3.48. The molecule has 0 aliphatic carbocycles. The maximum atomic E-state index is 13.0. The Bertz CT molecular complexity index is 971. The van der Waals surface area contributed by atoms with Gasteiger partial charge in [0.25, 0.3) is 11.5 Å². The van der Waals surface area contributed by atoms with Gasteiger partial charge in [-0.1, -0.05) is 37.0 Å². The van der Waals surface area contributed by atoms with Crippen LogP contribution in [-0.2, 0) is 9.53 Å². The number of hydrogen-bond acceptors (Lipinski definition) is 7. The molecule has 2 aromatic rings. The van der Waals surface area contributed by atoms with Crippen LogP contribution in [0.4, 0.5) is 5.82 Å².